The minimum atomic E-state index is -4.30. The Balaban J connectivity index is 1.85. The van der Waals surface area contributed by atoms with Crippen LogP contribution in [0.5, 0.6) is 11.5 Å². The van der Waals surface area contributed by atoms with Gasteiger partial charge in [0.2, 0.25) is 11.8 Å². The molecule has 248 valence electrons. The summed E-state index contributed by atoms with van der Waals surface area (Å²) < 4.78 is 40.8. The molecule has 4 aromatic carbocycles. The number of benzene rings is 4. The molecule has 1 N–H and O–H groups in total. The number of hydrogen-bond acceptors (Lipinski definition) is 6. The molecule has 0 saturated heterocycles. The van der Waals surface area contributed by atoms with Crippen molar-refractivity contribution >= 4 is 27.5 Å². The van der Waals surface area contributed by atoms with Gasteiger partial charge in [0.1, 0.15) is 24.1 Å². The fraction of sp³-hybridized carbons (Fsp3) is 0.297. The standard InChI is InChI=1S/C37H43N3O6S/c1-6-22-38-37(42)34(23-29-10-8-7-9-11-29)39(25-30-16-12-27(2)13-17-30)36(41)26-40(33-24-31(45-4)18-21-35(33)46-5)47(43,44)32-19-14-28(3)15-20-32/h7-21,24,34H,6,22-23,25-26H2,1-5H3,(H,38,42)/t34-/m0/s1. The maximum Gasteiger partial charge on any atom is 0.264 e. The summed E-state index contributed by atoms with van der Waals surface area (Å²) in [6.07, 6.45) is 0.953. The third-order valence-corrected chi connectivity index (χ3v) is 9.61. The summed E-state index contributed by atoms with van der Waals surface area (Å²) in [5.41, 5.74) is 3.73. The predicted molar refractivity (Wildman–Crippen MR) is 184 cm³/mol. The minimum absolute atomic E-state index is 0.00684. The van der Waals surface area contributed by atoms with Crippen LogP contribution in [-0.2, 0) is 32.6 Å². The highest BCUT2D eigenvalue weighted by molar-refractivity contribution is 7.92. The lowest BCUT2D eigenvalue weighted by Gasteiger charge is -2.34. The van der Waals surface area contributed by atoms with Crippen LogP contribution < -0.4 is 19.1 Å². The number of anilines is 1. The van der Waals surface area contributed by atoms with Crippen molar-refractivity contribution in [1.29, 1.82) is 0 Å². The van der Waals surface area contributed by atoms with E-state index >= 15 is 0 Å². The topological polar surface area (TPSA) is 105 Å². The Labute approximate surface area is 278 Å². The normalized spacial score (nSPS) is 11.8. The second kappa shape index (κ2) is 16.1. The largest absolute Gasteiger partial charge is 0.497 e. The molecule has 0 bridgehead atoms. The van der Waals surface area contributed by atoms with Crippen LogP contribution in [-0.4, -0.2) is 58.5 Å². The van der Waals surface area contributed by atoms with Gasteiger partial charge < -0.3 is 19.7 Å². The first-order valence-corrected chi connectivity index (χ1v) is 17.0. The first-order valence-electron chi connectivity index (χ1n) is 15.6. The molecule has 0 saturated carbocycles. The molecular formula is C37H43N3O6S. The van der Waals surface area contributed by atoms with E-state index in [2.05, 4.69) is 5.32 Å². The van der Waals surface area contributed by atoms with Crippen molar-refractivity contribution < 1.29 is 27.5 Å². The zero-order valence-electron chi connectivity index (χ0n) is 27.6. The molecule has 4 rings (SSSR count). The summed E-state index contributed by atoms with van der Waals surface area (Å²) in [4.78, 5) is 30.0. The summed E-state index contributed by atoms with van der Waals surface area (Å²) in [5.74, 6) is -0.252. The summed E-state index contributed by atoms with van der Waals surface area (Å²) >= 11 is 0. The molecule has 0 aliphatic carbocycles. The van der Waals surface area contributed by atoms with Gasteiger partial charge in [0.25, 0.3) is 10.0 Å². The van der Waals surface area contributed by atoms with E-state index in [4.69, 9.17) is 9.47 Å². The fourth-order valence-electron chi connectivity index (χ4n) is 5.15. The van der Waals surface area contributed by atoms with Crippen LogP contribution in [0.4, 0.5) is 5.69 Å². The fourth-order valence-corrected chi connectivity index (χ4v) is 6.57. The van der Waals surface area contributed by atoms with Crippen molar-refractivity contribution in [2.75, 3.05) is 31.6 Å². The van der Waals surface area contributed by atoms with E-state index in [1.165, 1.54) is 37.3 Å². The van der Waals surface area contributed by atoms with E-state index in [0.29, 0.717) is 18.7 Å². The molecule has 0 fully saturated rings. The van der Waals surface area contributed by atoms with Gasteiger partial charge in [-0.2, -0.15) is 0 Å². The molecule has 4 aromatic rings. The van der Waals surface area contributed by atoms with E-state index in [0.717, 1.165) is 26.6 Å². The summed E-state index contributed by atoms with van der Waals surface area (Å²) in [6, 6.07) is 27.4. The lowest BCUT2D eigenvalue weighted by molar-refractivity contribution is -0.140. The lowest BCUT2D eigenvalue weighted by atomic mass is 10.0. The van der Waals surface area contributed by atoms with E-state index in [1.54, 1.807) is 24.3 Å². The SMILES string of the molecule is CCCNC(=O)[C@H](Cc1ccccc1)N(Cc1ccc(C)cc1)C(=O)CN(c1cc(OC)ccc1OC)S(=O)(=O)c1ccc(C)cc1. The average Bonchev–Trinajstić information content (AvgIpc) is 3.08. The Kier molecular flexibility index (Phi) is 12.0. The summed E-state index contributed by atoms with van der Waals surface area (Å²) in [6.45, 7) is 5.71. The Morgan fingerprint density at radius 2 is 1.45 bits per heavy atom. The number of carbonyl (C=O) groups excluding carboxylic acids is 2. The van der Waals surface area contributed by atoms with Crippen LogP contribution in [0.25, 0.3) is 0 Å². The van der Waals surface area contributed by atoms with Gasteiger partial charge in [-0.3, -0.25) is 13.9 Å². The highest BCUT2D eigenvalue weighted by Gasteiger charge is 2.35. The molecule has 0 spiro atoms. The number of nitrogens with one attached hydrogen (secondary N) is 1. The predicted octanol–water partition coefficient (Wildman–Crippen LogP) is 5.68. The molecule has 10 heteroatoms. The average molecular weight is 658 g/mol. The number of methoxy groups -OCH3 is 2. The molecule has 0 unspecified atom stereocenters. The Morgan fingerprint density at radius 1 is 0.809 bits per heavy atom. The molecular weight excluding hydrogens is 614 g/mol. The monoisotopic (exact) mass is 657 g/mol. The number of aryl methyl sites for hydroxylation is 2. The second-order valence-electron chi connectivity index (χ2n) is 11.4. The molecule has 0 aliphatic heterocycles. The number of nitrogens with zero attached hydrogens (tertiary/aromatic N) is 2. The minimum Gasteiger partial charge on any atom is -0.497 e. The highest BCUT2D eigenvalue weighted by Crippen LogP contribution is 2.36. The summed E-state index contributed by atoms with van der Waals surface area (Å²) in [7, 11) is -1.40. The number of hydrogen-bond donors (Lipinski definition) is 1. The van der Waals surface area contributed by atoms with Gasteiger partial charge in [-0.15, -0.1) is 0 Å². The van der Waals surface area contributed by atoms with E-state index in [9.17, 15) is 18.0 Å². The van der Waals surface area contributed by atoms with Crippen molar-refractivity contribution in [2.24, 2.45) is 0 Å². The third-order valence-electron chi connectivity index (χ3n) is 7.84. The zero-order chi connectivity index (χ0) is 34.0. The third kappa shape index (κ3) is 8.92. The van der Waals surface area contributed by atoms with Crippen LogP contribution >= 0.6 is 0 Å². The molecule has 47 heavy (non-hydrogen) atoms. The molecule has 0 aromatic heterocycles. The number of sulfonamides is 1. The molecule has 0 aliphatic rings. The molecule has 0 radical (unpaired) electrons. The van der Waals surface area contributed by atoms with Gasteiger partial charge in [0.05, 0.1) is 24.8 Å². The van der Waals surface area contributed by atoms with Crippen LogP contribution in [0.1, 0.15) is 35.6 Å². The second-order valence-corrected chi connectivity index (χ2v) is 13.2. The number of carbonyl (C=O) groups is 2. The van der Waals surface area contributed by atoms with Gasteiger partial charge >= 0.3 is 0 Å². The maximum absolute atomic E-state index is 14.7. The number of amides is 2. The summed E-state index contributed by atoms with van der Waals surface area (Å²) in [5, 5.41) is 2.96. The van der Waals surface area contributed by atoms with Gasteiger partial charge in [0.15, 0.2) is 0 Å². The van der Waals surface area contributed by atoms with Crippen molar-refractivity contribution in [2.45, 2.75) is 51.1 Å². The molecule has 0 heterocycles. The molecule has 9 nitrogen and oxygen atoms in total. The lowest BCUT2D eigenvalue weighted by Crippen LogP contribution is -2.53. The van der Waals surface area contributed by atoms with Crippen molar-refractivity contribution in [3.63, 3.8) is 0 Å². The van der Waals surface area contributed by atoms with Crippen LogP contribution in [0.2, 0.25) is 0 Å². The Morgan fingerprint density at radius 3 is 2.04 bits per heavy atom. The molecule has 1 atom stereocenters. The van der Waals surface area contributed by atoms with Crippen molar-refractivity contribution in [3.8, 4) is 11.5 Å². The van der Waals surface area contributed by atoms with Gasteiger partial charge in [-0.05, 0) is 55.7 Å². The molecule has 2 amide bonds. The van der Waals surface area contributed by atoms with E-state index < -0.39 is 28.5 Å². The number of rotatable bonds is 15. The highest BCUT2D eigenvalue weighted by atomic mass is 32.2. The smallest absolute Gasteiger partial charge is 0.264 e. The van der Waals surface area contributed by atoms with Crippen molar-refractivity contribution in [3.05, 3.63) is 119 Å². The van der Waals surface area contributed by atoms with Crippen LogP contribution in [0, 0.1) is 13.8 Å². The first kappa shape index (κ1) is 35.0. The van der Waals surface area contributed by atoms with Gasteiger partial charge in [-0.25, -0.2) is 8.42 Å². The van der Waals surface area contributed by atoms with E-state index in [1.807, 2.05) is 75.4 Å². The number of ether oxygens (including phenoxy) is 2. The van der Waals surface area contributed by atoms with Crippen molar-refractivity contribution in [1.82, 2.24) is 10.2 Å². The van der Waals surface area contributed by atoms with Crippen LogP contribution in [0.3, 0.4) is 0 Å². The first-order chi connectivity index (χ1) is 22.6. The van der Waals surface area contributed by atoms with Gasteiger partial charge in [0, 0.05) is 25.6 Å². The quantitative estimate of drug-likeness (QED) is 0.176. The zero-order valence-corrected chi connectivity index (χ0v) is 28.4. The Hall–Kier alpha value is -4.83. The maximum atomic E-state index is 14.7. The Bertz CT molecular complexity index is 1740. The van der Waals surface area contributed by atoms with Gasteiger partial charge in [-0.1, -0.05) is 84.8 Å². The van der Waals surface area contributed by atoms with E-state index in [-0.39, 0.29) is 35.2 Å². The van der Waals surface area contributed by atoms with Crippen LogP contribution in [0.15, 0.2) is 102 Å².